The van der Waals surface area contributed by atoms with E-state index in [9.17, 15) is 4.79 Å². The van der Waals surface area contributed by atoms with E-state index in [1.165, 1.54) is 4.88 Å². The molecule has 0 unspecified atom stereocenters. The first kappa shape index (κ1) is 13.1. The highest BCUT2D eigenvalue weighted by Crippen LogP contribution is 2.32. The first-order valence-electron chi connectivity index (χ1n) is 6.36. The number of carbonyl (C=O) groups is 1. The van der Waals surface area contributed by atoms with E-state index in [4.69, 9.17) is 14.2 Å². The van der Waals surface area contributed by atoms with Crippen molar-refractivity contribution in [3.05, 3.63) is 46.2 Å². The summed E-state index contributed by atoms with van der Waals surface area (Å²) in [6.45, 7) is 0.853. The highest BCUT2D eigenvalue weighted by atomic mass is 32.1. The van der Waals surface area contributed by atoms with E-state index in [0.29, 0.717) is 23.7 Å². The lowest BCUT2D eigenvalue weighted by Gasteiger charge is -2.04. The number of rotatable bonds is 6. The van der Waals surface area contributed by atoms with Crippen LogP contribution in [0.2, 0.25) is 0 Å². The summed E-state index contributed by atoms with van der Waals surface area (Å²) in [7, 11) is 0. The number of carbonyl (C=O) groups excluding carboxylic acids is 1. The lowest BCUT2D eigenvalue weighted by atomic mass is 10.1. The molecular weight excluding hydrogens is 276 g/mol. The minimum atomic E-state index is -0.0468. The average molecular weight is 290 g/mol. The third kappa shape index (κ3) is 3.00. The van der Waals surface area contributed by atoms with Crippen molar-refractivity contribution >= 4 is 17.1 Å². The molecule has 0 spiro atoms. The van der Waals surface area contributed by atoms with Crippen LogP contribution in [-0.4, -0.2) is 25.8 Å². The largest absolute Gasteiger partial charge is 0.454 e. The van der Waals surface area contributed by atoms with Gasteiger partial charge in [0.25, 0.3) is 0 Å². The van der Waals surface area contributed by atoms with Gasteiger partial charge in [-0.2, -0.15) is 0 Å². The minimum Gasteiger partial charge on any atom is -0.454 e. The Labute approximate surface area is 120 Å². The Hall–Kier alpha value is -1.85. The standard InChI is InChI=1S/C15H14O4S/c16-13(9-17-6-5-12-2-1-7-20-12)11-3-4-14-15(8-11)19-10-18-14/h1-4,7-8H,5-6,9-10H2. The van der Waals surface area contributed by atoms with E-state index in [1.807, 2.05) is 11.4 Å². The van der Waals surface area contributed by atoms with Gasteiger partial charge in [0.05, 0.1) is 6.61 Å². The summed E-state index contributed by atoms with van der Waals surface area (Å²) in [5.74, 6) is 1.25. The van der Waals surface area contributed by atoms with Crippen LogP contribution in [0.5, 0.6) is 11.5 Å². The number of fused-ring (bicyclic) bond motifs is 1. The summed E-state index contributed by atoms with van der Waals surface area (Å²) in [6.07, 6.45) is 0.839. The molecule has 0 N–H and O–H groups in total. The third-order valence-corrected chi connectivity index (χ3v) is 3.94. The molecule has 0 saturated heterocycles. The molecule has 1 aliphatic heterocycles. The van der Waals surface area contributed by atoms with Crippen LogP contribution in [0.1, 0.15) is 15.2 Å². The van der Waals surface area contributed by atoms with Gasteiger partial charge in [0, 0.05) is 16.9 Å². The molecule has 104 valence electrons. The predicted octanol–water partition coefficient (Wildman–Crippen LogP) is 2.92. The normalized spacial score (nSPS) is 12.6. The van der Waals surface area contributed by atoms with Gasteiger partial charge in [0.2, 0.25) is 6.79 Å². The molecular formula is C15H14O4S. The van der Waals surface area contributed by atoms with Gasteiger partial charge in [-0.25, -0.2) is 0 Å². The molecule has 2 aromatic rings. The second-order valence-corrected chi connectivity index (χ2v) is 5.41. The zero-order valence-corrected chi connectivity index (χ0v) is 11.7. The van der Waals surface area contributed by atoms with Crippen LogP contribution in [0, 0.1) is 0 Å². The van der Waals surface area contributed by atoms with Crippen molar-refractivity contribution < 1.29 is 19.0 Å². The summed E-state index contributed by atoms with van der Waals surface area (Å²) in [5, 5.41) is 2.03. The second kappa shape index (κ2) is 6.07. The highest BCUT2D eigenvalue weighted by molar-refractivity contribution is 7.09. The molecule has 0 bridgehead atoms. The van der Waals surface area contributed by atoms with Crippen molar-refractivity contribution in [2.75, 3.05) is 20.0 Å². The molecule has 0 saturated carbocycles. The second-order valence-electron chi connectivity index (χ2n) is 4.37. The molecule has 0 fully saturated rings. The van der Waals surface area contributed by atoms with Crippen molar-refractivity contribution in [3.63, 3.8) is 0 Å². The first-order valence-corrected chi connectivity index (χ1v) is 7.24. The SMILES string of the molecule is O=C(COCCc1cccs1)c1ccc2c(c1)OCO2. The number of ketones is 1. The molecule has 0 radical (unpaired) electrons. The molecule has 0 amide bonds. The molecule has 3 rings (SSSR count). The van der Waals surface area contributed by atoms with Crippen LogP contribution in [0.15, 0.2) is 35.7 Å². The lowest BCUT2D eigenvalue weighted by molar-refractivity contribution is 0.0766. The van der Waals surface area contributed by atoms with E-state index in [-0.39, 0.29) is 19.2 Å². The molecule has 0 atom stereocenters. The average Bonchev–Trinajstić information content (AvgIpc) is 3.13. The van der Waals surface area contributed by atoms with Crippen LogP contribution < -0.4 is 9.47 Å². The fraction of sp³-hybridized carbons (Fsp3) is 0.267. The Bertz CT molecular complexity index is 592. The van der Waals surface area contributed by atoms with Crippen molar-refractivity contribution in [1.82, 2.24) is 0 Å². The Morgan fingerprint density at radius 1 is 1.25 bits per heavy atom. The Morgan fingerprint density at radius 3 is 3.00 bits per heavy atom. The maximum Gasteiger partial charge on any atom is 0.231 e. The van der Waals surface area contributed by atoms with Gasteiger partial charge >= 0.3 is 0 Å². The zero-order valence-electron chi connectivity index (χ0n) is 10.8. The third-order valence-electron chi connectivity index (χ3n) is 3.00. The summed E-state index contributed by atoms with van der Waals surface area (Å²) < 4.78 is 15.9. The summed E-state index contributed by atoms with van der Waals surface area (Å²) >= 11 is 1.70. The van der Waals surface area contributed by atoms with Gasteiger partial charge in [0.1, 0.15) is 6.61 Å². The Kier molecular flexibility index (Phi) is 3.99. The molecule has 20 heavy (non-hydrogen) atoms. The maximum atomic E-state index is 12.0. The van der Waals surface area contributed by atoms with Crippen molar-refractivity contribution in [2.24, 2.45) is 0 Å². The Morgan fingerprint density at radius 2 is 2.15 bits per heavy atom. The molecule has 5 heteroatoms. The number of thiophene rings is 1. The van der Waals surface area contributed by atoms with Crippen LogP contribution in [0.25, 0.3) is 0 Å². The molecule has 4 nitrogen and oxygen atoms in total. The van der Waals surface area contributed by atoms with Gasteiger partial charge in [-0.3, -0.25) is 4.79 Å². The van der Waals surface area contributed by atoms with Gasteiger partial charge < -0.3 is 14.2 Å². The molecule has 1 aromatic carbocycles. The monoisotopic (exact) mass is 290 g/mol. The maximum absolute atomic E-state index is 12.0. The van der Waals surface area contributed by atoms with Crippen molar-refractivity contribution in [3.8, 4) is 11.5 Å². The number of Topliss-reactive ketones (excluding diaryl/α,β-unsaturated/α-hetero) is 1. The van der Waals surface area contributed by atoms with E-state index in [0.717, 1.165) is 6.42 Å². The molecule has 0 aliphatic carbocycles. The van der Waals surface area contributed by atoms with Gasteiger partial charge in [0.15, 0.2) is 17.3 Å². The van der Waals surface area contributed by atoms with Crippen molar-refractivity contribution in [1.29, 1.82) is 0 Å². The van der Waals surface area contributed by atoms with Gasteiger partial charge in [-0.05, 0) is 29.6 Å². The summed E-state index contributed by atoms with van der Waals surface area (Å²) in [5.41, 5.74) is 0.588. The van der Waals surface area contributed by atoms with Crippen LogP contribution >= 0.6 is 11.3 Å². The van der Waals surface area contributed by atoms with Crippen LogP contribution in [0.3, 0.4) is 0 Å². The van der Waals surface area contributed by atoms with Gasteiger partial charge in [-0.15, -0.1) is 11.3 Å². The number of hydrogen-bond donors (Lipinski definition) is 0. The highest BCUT2D eigenvalue weighted by Gasteiger charge is 2.16. The summed E-state index contributed by atoms with van der Waals surface area (Å²) in [6, 6.07) is 9.26. The predicted molar refractivity (Wildman–Crippen MR) is 75.7 cm³/mol. The quantitative estimate of drug-likeness (QED) is 0.606. The fourth-order valence-electron chi connectivity index (χ4n) is 1.95. The lowest BCUT2D eigenvalue weighted by Crippen LogP contribution is -2.10. The topological polar surface area (TPSA) is 44.8 Å². The Balaban J connectivity index is 1.49. The van der Waals surface area contributed by atoms with Gasteiger partial charge in [-0.1, -0.05) is 6.07 Å². The number of hydrogen-bond acceptors (Lipinski definition) is 5. The molecule has 1 aromatic heterocycles. The fourth-order valence-corrected chi connectivity index (χ4v) is 2.64. The van der Waals surface area contributed by atoms with Crippen LogP contribution in [0.4, 0.5) is 0 Å². The molecule has 2 heterocycles. The first-order chi connectivity index (χ1) is 9.83. The minimum absolute atomic E-state index is 0.0468. The van der Waals surface area contributed by atoms with Crippen molar-refractivity contribution in [2.45, 2.75) is 6.42 Å². The van der Waals surface area contributed by atoms with E-state index >= 15 is 0 Å². The van der Waals surface area contributed by atoms with Crippen LogP contribution in [-0.2, 0) is 11.2 Å². The molecule has 1 aliphatic rings. The smallest absolute Gasteiger partial charge is 0.231 e. The van der Waals surface area contributed by atoms with E-state index in [2.05, 4.69) is 6.07 Å². The number of ether oxygens (including phenoxy) is 3. The summed E-state index contributed by atoms with van der Waals surface area (Å²) in [4.78, 5) is 13.3. The van der Waals surface area contributed by atoms with E-state index < -0.39 is 0 Å². The number of benzene rings is 1. The zero-order chi connectivity index (χ0) is 13.8. The van der Waals surface area contributed by atoms with E-state index in [1.54, 1.807) is 29.5 Å².